The number of fused-ring (bicyclic) bond motifs is 1. The number of nitrogens with zero attached hydrogens (tertiary/aromatic N) is 2. The van der Waals surface area contributed by atoms with Gasteiger partial charge in [0, 0.05) is 17.3 Å². The molecule has 0 radical (unpaired) electrons. The van der Waals surface area contributed by atoms with Gasteiger partial charge in [-0.2, -0.15) is 0 Å². The number of carbonyl (C=O) groups is 1. The van der Waals surface area contributed by atoms with Gasteiger partial charge in [-0.3, -0.25) is 4.79 Å². The van der Waals surface area contributed by atoms with E-state index >= 15 is 0 Å². The fourth-order valence-electron chi connectivity index (χ4n) is 2.30. The van der Waals surface area contributed by atoms with Crippen molar-refractivity contribution in [2.24, 2.45) is 0 Å². The average Bonchev–Trinajstić information content (AvgIpc) is 2.99. The Morgan fingerprint density at radius 1 is 1.25 bits per heavy atom. The molecule has 0 bridgehead atoms. The number of H-pyrrole nitrogens is 1. The van der Waals surface area contributed by atoms with Crippen LogP contribution < -0.4 is 5.32 Å². The number of halogens is 1. The molecule has 124 valence electrons. The Morgan fingerprint density at radius 2 is 1.96 bits per heavy atom. The molecule has 2 aromatic heterocycles. The summed E-state index contributed by atoms with van der Waals surface area (Å²) >= 11 is 0. The van der Waals surface area contributed by atoms with E-state index in [0.717, 1.165) is 12.0 Å². The summed E-state index contributed by atoms with van der Waals surface area (Å²) in [6, 6.07) is 7.65. The summed E-state index contributed by atoms with van der Waals surface area (Å²) in [4.78, 5) is 24.4. The van der Waals surface area contributed by atoms with Crippen LogP contribution >= 0.6 is 0 Å². The number of nitrogens with one attached hydrogen (secondary N) is 2. The molecule has 0 unspecified atom stereocenters. The predicted molar refractivity (Wildman–Crippen MR) is 91.1 cm³/mol. The van der Waals surface area contributed by atoms with Crippen LogP contribution in [0.3, 0.4) is 0 Å². The number of benzene rings is 1. The first kappa shape index (κ1) is 16.1. The summed E-state index contributed by atoms with van der Waals surface area (Å²) in [7, 11) is 0. The lowest BCUT2D eigenvalue weighted by molar-refractivity contribution is 0.0912. The maximum atomic E-state index is 13.1. The first-order chi connectivity index (χ1) is 11.4. The number of pyridine rings is 1. The van der Waals surface area contributed by atoms with Crippen LogP contribution in [0.4, 0.5) is 4.39 Å². The molecule has 0 fully saturated rings. The molecule has 2 N–H and O–H groups in total. The zero-order chi connectivity index (χ0) is 17.3. The Hall–Kier alpha value is -2.76. The van der Waals surface area contributed by atoms with Crippen LogP contribution in [-0.2, 0) is 0 Å². The van der Waals surface area contributed by atoms with Gasteiger partial charge < -0.3 is 10.3 Å². The minimum atomic E-state index is -0.310. The minimum Gasteiger partial charge on any atom is -0.347 e. The van der Waals surface area contributed by atoms with E-state index in [1.165, 1.54) is 12.1 Å². The Balaban J connectivity index is 2.01. The molecular formula is C18H19FN4O. The first-order valence-corrected chi connectivity index (χ1v) is 7.83. The quantitative estimate of drug-likeness (QED) is 0.768. The van der Waals surface area contributed by atoms with E-state index in [0.29, 0.717) is 22.6 Å². The highest BCUT2D eigenvalue weighted by Gasteiger charge is 2.21. The Labute approximate surface area is 139 Å². The van der Waals surface area contributed by atoms with Crippen LogP contribution in [0.15, 0.2) is 36.5 Å². The van der Waals surface area contributed by atoms with E-state index in [1.807, 2.05) is 20.8 Å². The van der Waals surface area contributed by atoms with Gasteiger partial charge in [-0.25, -0.2) is 14.4 Å². The Bertz CT molecular complexity index is 884. The summed E-state index contributed by atoms with van der Waals surface area (Å²) in [5, 5.41) is 3.00. The van der Waals surface area contributed by atoms with E-state index in [2.05, 4.69) is 20.3 Å². The minimum absolute atomic E-state index is 0.189. The molecule has 6 heteroatoms. The van der Waals surface area contributed by atoms with Crippen molar-refractivity contribution in [2.75, 3.05) is 0 Å². The summed E-state index contributed by atoms with van der Waals surface area (Å²) in [5.74, 6) is 0.0498. The molecule has 0 atom stereocenters. The van der Waals surface area contributed by atoms with Gasteiger partial charge >= 0.3 is 0 Å². The number of amides is 1. The Morgan fingerprint density at radius 3 is 2.62 bits per heavy atom. The van der Waals surface area contributed by atoms with E-state index in [1.54, 1.807) is 24.4 Å². The van der Waals surface area contributed by atoms with E-state index in [-0.39, 0.29) is 17.3 Å². The largest absolute Gasteiger partial charge is 0.347 e. The lowest BCUT2D eigenvalue weighted by Gasteiger charge is -2.24. The van der Waals surface area contributed by atoms with Crippen molar-refractivity contribution in [3.63, 3.8) is 0 Å². The zero-order valence-electron chi connectivity index (χ0n) is 13.9. The third-order valence-corrected chi connectivity index (χ3v) is 4.08. The SMILES string of the molecule is CCC(C)(C)NC(=O)c1ccnc2[nH]c(-c3ccc(F)cc3)nc12. The van der Waals surface area contributed by atoms with E-state index in [9.17, 15) is 9.18 Å². The lowest BCUT2D eigenvalue weighted by Crippen LogP contribution is -2.42. The number of rotatable bonds is 4. The summed E-state index contributed by atoms with van der Waals surface area (Å²) in [6.07, 6.45) is 2.39. The molecule has 1 amide bonds. The highest BCUT2D eigenvalue weighted by molar-refractivity contribution is 6.04. The van der Waals surface area contributed by atoms with Gasteiger partial charge in [-0.15, -0.1) is 0 Å². The number of aromatic amines is 1. The Kier molecular flexibility index (Phi) is 4.05. The van der Waals surface area contributed by atoms with Gasteiger partial charge in [-0.05, 0) is 50.6 Å². The number of imidazole rings is 1. The molecule has 24 heavy (non-hydrogen) atoms. The zero-order valence-corrected chi connectivity index (χ0v) is 13.9. The fourth-order valence-corrected chi connectivity index (χ4v) is 2.30. The summed E-state index contributed by atoms with van der Waals surface area (Å²) in [5.41, 5.74) is 1.92. The topological polar surface area (TPSA) is 70.7 Å². The van der Waals surface area contributed by atoms with Crippen LogP contribution in [0.5, 0.6) is 0 Å². The van der Waals surface area contributed by atoms with Gasteiger partial charge in [-0.1, -0.05) is 6.92 Å². The van der Waals surface area contributed by atoms with Gasteiger partial charge in [0.2, 0.25) is 0 Å². The first-order valence-electron chi connectivity index (χ1n) is 7.83. The molecule has 1 aromatic carbocycles. The van der Waals surface area contributed by atoms with Crippen molar-refractivity contribution in [3.05, 3.63) is 47.9 Å². The molecular weight excluding hydrogens is 307 g/mol. The van der Waals surface area contributed by atoms with Crippen molar-refractivity contribution in [3.8, 4) is 11.4 Å². The van der Waals surface area contributed by atoms with E-state index in [4.69, 9.17) is 0 Å². The van der Waals surface area contributed by atoms with Crippen LogP contribution in [0.2, 0.25) is 0 Å². The van der Waals surface area contributed by atoms with Crippen molar-refractivity contribution in [1.29, 1.82) is 0 Å². The summed E-state index contributed by atoms with van der Waals surface area (Å²) in [6.45, 7) is 5.96. The van der Waals surface area contributed by atoms with Crippen LogP contribution in [0.1, 0.15) is 37.6 Å². The predicted octanol–water partition coefficient (Wildman–Crippen LogP) is 3.68. The number of hydrogen-bond donors (Lipinski definition) is 2. The molecule has 3 rings (SSSR count). The molecule has 0 aliphatic rings. The van der Waals surface area contributed by atoms with Gasteiger partial charge in [0.1, 0.15) is 17.2 Å². The second-order valence-corrected chi connectivity index (χ2v) is 6.34. The normalized spacial score (nSPS) is 11.7. The number of aromatic nitrogens is 3. The van der Waals surface area contributed by atoms with E-state index < -0.39 is 0 Å². The molecule has 0 spiro atoms. The van der Waals surface area contributed by atoms with Gasteiger partial charge in [0.15, 0.2) is 5.65 Å². The fraction of sp³-hybridized carbons (Fsp3) is 0.278. The smallest absolute Gasteiger partial charge is 0.254 e. The molecule has 0 aliphatic carbocycles. The monoisotopic (exact) mass is 326 g/mol. The second-order valence-electron chi connectivity index (χ2n) is 6.34. The lowest BCUT2D eigenvalue weighted by atomic mass is 10.0. The highest BCUT2D eigenvalue weighted by atomic mass is 19.1. The second kappa shape index (κ2) is 6.03. The summed E-state index contributed by atoms with van der Waals surface area (Å²) < 4.78 is 13.1. The molecule has 0 saturated carbocycles. The van der Waals surface area contributed by atoms with Crippen LogP contribution in [0, 0.1) is 5.82 Å². The number of hydrogen-bond acceptors (Lipinski definition) is 3. The standard InChI is InChI=1S/C18H19FN4O/c1-4-18(2,3)23-17(24)13-9-10-20-16-14(13)21-15(22-16)11-5-7-12(19)8-6-11/h5-10H,4H2,1-3H3,(H,23,24)(H,20,21,22). The third kappa shape index (κ3) is 3.13. The van der Waals surface area contributed by atoms with Crippen LogP contribution in [-0.4, -0.2) is 26.4 Å². The maximum absolute atomic E-state index is 13.1. The molecule has 5 nitrogen and oxygen atoms in total. The number of carbonyl (C=O) groups excluding carboxylic acids is 1. The molecule has 3 aromatic rings. The van der Waals surface area contributed by atoms with Crippen molar-refractivity contribution in [2.45, 2.75) is 32.7 Å². The van der Waals surface area contributed by atoms with Crippen molar-refractivity contribution >= 4 is 17.1 Å². The average molecular weight is 326 g/mol. The molecule has 2 heterocycles. The van der Waals surface area contributed by atoms with Gasteiger partial charge in [0.25, 0.3) is 5.91 Å². The maximum Gasteiger partial charge on any atom is 0.254 e. The van der Waals surface area contributed by atoms with Gasteiger partial charge in [0.05, 0.1) is 5.56 Å². The molecule has 0 saturated heterocycles. The van der Waals surface area contributed by atoms with Crippen LogP contribution in [0.25, 0.3) is 22.6 Å². The van der Waals surface area contributed by atoms with Crippen molar-refractivity contribution in [1.82, 2.24) is 20.3 Å². The highest BCUT2D eigenvalue weighted by Crippen LogP contribution is 2.22. The third-order valence-electron chi connectivity index (χ3n) is 4.08. The molecule has 0 aliphatic heterocycles. The van der Waals surface area contributed by atoms with Crippen molar-refractivity contribution < 1.29 is 9.18 Å².